The standard InChI is InChI=1S/C29H23N3O5S/c1-19-12-14-21(15-13-19)38-29-31-26(36-24-10-6-4-8-20(24)17-30)16-27(32-29)37-25-11-7-5-9-22(25)23(18-34-2)28(33)35-3/h4-16,18H,1-3H3/b23-18+. The number of nitrogens with zero attached hydrogens (tertiary/aromatic N) is 3. The summed E-state index contributed by atoms with van der Waals surface area (Å²) in [7, 11) is 2.73. The van der Waals surface area contributed by atoms with E-state index in [1.807, 2.05) is 31.2 Å². The van der Waals surface area contributed by atoms with Gasteiger partial charge in [0.2, 0.25) is 11.8 Å². The number of rotatable bonds is 9. The van der Waals surface area contributed by atoms with E-state index in [9.17, 15) is 10.1 Å². The van der Waals surface area contributed by atoms with Crippen LogP contribution in [-0.2, 0) is 14.3 Å². The van der Waals surface area contributed by atoms with Crippen LogP contribution in [0.4, 0.5) is 0 Å². The lowest BCUT2D eigenvalue weighted by molar-refractivity contribution is -0.133. The number of aryl methyl sites for hydroxylation is 1. The van der Waals surface area contributed by atoms with Crippen LogP contribution >= 0.6 is 11.8 Å². The Morgan fingerprint density at radius 2 is 1.53 bits per heavy atom. The molecule has 0 atom stereocenters. The lowest BCUT2D eigenvalue weighted by Gasteiger charge is -2.14. The number of methoxy groups -OCH3 is 2. The summed E-state index contributed by atoms with van der Waals surface area (Å²) in [6.45, 7) is 2.01. The molecule has 0 radical (unpaired) electrons. The number of hydrogen-bond donors (Lipinski definition) is 0. The van der Waals surface area contributed by atoms with E-state index >= 15 is 0 Å². The van der Waals surface area contributed by atoms with Crippen LogP contribution in [0, 0.1) is 18.3 Å². The second-order valence-electron chi connectivity index (χ2n) is 7.81. The predicted octanol–water partition coefficient (Wildman–Crippen LogP) is 6.55. The summed E-state index contributed by atoms with van der Waals surface area (Å²) < 4.78 is 22.1. The molecule has 1 heterocycles. The summed E-state index contributed by atoms with van der Waals surface area (Å²) in [4.78, 5) is 22.4. The predicted molar refractivity (Wildman–Crippen MR) is 142 cm³/mol. The molecule has 1 aromatic heterocycles. The number of esters is 1. The minimum atomic E-state index is -0.585. The van der Waals surface area contributed by atoms with Gasteiger partial charge >= 0.3 is 5.97 Å². The first kappa shape index (κ1) is 26.3. The topological polar surface area (TPSA) is 104 Å². The van der Waals surface area contributed by atoms with Crippen molar-refractivity contribution >= 4 is 23.3 Å². The molecule has 0 bridgehead atoms. The Balaban J connectivity index is 1.75. The lowest BCUT2D eigenvalue weighted by atomic mass is 10.1. The minimum absolute atomic E-state index is 0.174. The van der Waals surface area contributed by atoms with Crippen molar-refractivity contribution in [2.24, 2.45) is 0 Å². The fourth-order valence-corrected chi connectivity index (χ4v) is 4.10. The molecule has 0 aliphatic heterocycles. The fourth-order valence-electron chi connectivity index (χ4n) is 3.35. The molecule has 0 fully saturated rings. The van der Waals surface area contributed by atoms with Gasteiger partial charge in [-0.25, -0.2) is 4.79 Å². The molecule has 0 saturated heterocycles. The third-order valence-electron chi connectivity index (χ3n) is 5.14. The molecule has 38 heavy (non-hydrogen) atoms. The van der Waals surface area contributed by atoms with Gasteiger partial charge in [0.1, 0.15) is 23.1 Å². The van der Waals surface area contributed by atoms with Crippen LogP contribution < -0.4 is 9.47 Å². The summed E-state index contributed by atoms with van der Waals surface area (Å²) in [6.07, 6.45) is 1.29. The Morgan fingerprint density at radius 3 is 2.18 bits per heavy atom. The van der Waals surface area contributed by atoms with Crippen LogP contribution in [0.1, 0.15) is 16.7 Å². The fraction of sp³-hybridized carbons (Fsp3) is 0.103. The first-order valence-electron chi connectivity index (χ1n) is 11.4. The van der Waals surface area contributed by atoms with Gasteiger partial charge in [0.15, 0.2) is 5.16 Å². The SMILES string of the molecule is CO/C=C(/C(=O)OC)c1ccccc1Oc1cc(Oc2ccccc2C#N)nc(Sc2ccc(C)cc2)n1. The number of carbonyl (C=O) groups excluding carboxylic acids is 1. The second-order valence-corrected chi connectivity index (χ2v) is 8.85. The van der Waals surface area contributed by atoms with Crippen LogP contribution in [0.5, 0.6) is 23.3 Å². The van der Waals surface area contributed by atoms with E-state index in [0.717, 1.165) is 10.5 Å². The summed E-state index contributed by atoms with van der Waals surface area (Å²) in [5.74, 6) is 0.466. The zero-order valence-corrected chi connectivity index (χ0v) is 21.7. The maximum absolute atomic E-state index is 12.4. The van der Waals surface area contributed by atoms with Crippen LogP contribution in [0.3, 0.4) is 0 Å². The molecule has 0 unspecified atom stereocenters. The molecular formula is C29H23N3O5S. The molecule has 4 rings (SSSR count). The van der Waals surface area contributed by atoms with Gasteiger partial charge in [-0.1, -0.05) is 48.0 Å². The Kier molecular flexibility index (Phi) is 8.59. The molecule has 3 aromatic carbocycles. The molecule has 0 amide bonds. The first-order chi connectivity index (χ1) is 18.5. The number of nitriles is 1. The molecule has 0 N–H and O–H groups in total. The third-order valence-corrected chi connectivity index (χ3v) is 6.02. The quantitative estimate of drug-likeness (QED) is 0.104. The van der Waals surface area contributed by atoms with Gasteiger partial charge in [-0.05, 0) is 49.0 Å². The van der Waals surface area contributed by atoms with Crippen molar-refractivity contribution in [3.8, 4) is 29.3 Å². The van der Waals surface area contributed by atoms with Gasteiger partial charge in [0.25, 0.3) is 0 Å². The minimum Gasteiger partial charge on any atom is -0.503 e. The maximum Gasteiger partial charge on any atom is 0.341 e. The Bertz CT molecular complexity index is 1510. The lowest BCUT2D eigenvalue weighted by Crippen LogP contribution is -2.06. The van der Waals surface area contributed by atoms with Gasteiger partial charge in [0, 0.05) is 10.5 Å². The maximum atomic E-state index is 12.4. The van der Waals surface area contributed by atoms with E-state index in [4.69, 9.17) is 18.9 Å². The highest BCUT2D eigenvalue weighted by molar-refractivity contribution is 7.99. The van der Waals surface area contributed by atoms with Gasteiger partial charge in [-0.3, -0.25) is 0 Å². The molecule has 9 heteroatoms. The average Bonchev–Trinajstić information content (AvgIpc) is 2.93. The Labute approximate surface area is 224 Å². The normalized spacial score (nSPS) is 10.8. The van der Waals surface area contributed by atoms with Crippen molar-refractivity contribution < 1.29 is 23.7 Å². The molecular weight excluding hydrogens is 502 g/mol. The largest absolute Gasteiger partial charge is 0.503 e. The number of ether oxygens (including phenoxy) is 4. The van der Waals surface area contributed by atoms with Crippen molar-refractivity contribution in [2.75, 3.05) is 14.2 Å². The van der Waals surface area contributed by atoms with E-state index in [1.54, 1.807) is 48.5 Å². The summed E-state index contributed by atoms with van der Waals surface area (Å²) >= 11 is 1.33. The summed E-state index contributed by atoms with van der Waals surface area (Å²) in [5, 5.41) is 9.83. The van der Waals surface area contributed by atoms with E-state index in [2.05, 4.69) is 16.0 Å². The molecule has 8 nitrogen and oxygen atoms in total. The smallest absolute Gasteiger partial charge is 0.341 e. The second kappa shape index (κ2) is 12.4. The number of hydrogen-bond acceptors (Lipinski definition) is 9. The molecule has 0 spiro atoms. The van der Waals surface area contributed by atoms with E-state index in [0.29, 0.717) is 27.8 Å². The van der Waals surface area contributed by atoms with E-state index < -0.39 is 5.97 Å². The Morgan fingerprint density at radius 1 is 0.895 bits per heavy atom. The van der Waals surface area contributed by atoms with Crippen LogP contribution in [0.25, 0.3) is 5.57 Å². The number of carbonyl (C=O) groups is 1. The van der Waals surface area contributed by atoms with Crippen molar-refractivity contribution in [1.82, 2.24) is 9.97 Å². The highest BCUT2D eigenvalue weighted by atomic mass is 32.2. The highest BCUT2D eigenvalue weighted by Crippen LogP contribution is 2.35. The van der Waals surface area contributed by atoms with Crippen LogP contribution in [-0.4, -0.2) is 30.2 Å². The van der Waals surface area contributed by atoms with Crippen LogP contribution in [0.2, 0.25) is 0 Å². The van der Waals surface area contributed by atoms with Gasteiger partial charge in [0.05, 0.1) is 32.1 Å². The van der Waals surface area contributed by atoms with E-state index in [1.165, 1.54) is 38.3 Å². The summed E-state index contributed by atoms with van der Waals surface area (Å²) in [6, 6.07) is 25.4. The van der Waals surface area contributed by atoms with Gasteiger partial charge < -0.3 is 18.9 Å². The van der Waals surface area contributed by atoms with Crippen molar-refractivity contribution in [2.45, 2.75) is 17.0 Å². The molecule has 0 aliphatic carbocycles. The van der Waals surface area contributed by atoms with E-state index in [-0.39, 0.29) is 17.3 Å². The van der Waals surface area contributed by atoms with Gasteiger partial charge in [-0.2, -0.15) is 15.2 Å². The number of para-hydroxylation sites is 2. The molecule has 0 saturated carbocycles. The monoisotopic (exact) mass is 525 g/mol. The summed E-state index contributed by atoms with van der Waals surface area (Å²) in [5.41, 5.74) is 2.11. The van der Waals surface area contributed by atoms with Crippen molar-refractivity contribution in [3.63, 3.8) is 0 Å². The van der Waals surface area contributed by atoms with Gasteiger partial charge in [-0.15, -0.1) is 0 Å². The first-order valence-corrected chi connectivity index (χ1v) is 12.2. The number of benzene rings is 3. The molecule has 4 aromatic rings. The highest BCUT2D eigenvalue weighted by Gasteiger charge is 2.19. The molecule has 0 aliphatic rings. The van der Waals surface area contributed by atoms with Crippen molar-refractivity contribution in [1.29, 1.82) is 5.26 Å². The zero-order chi connectivity index (χ0) is 26.9. The average molecular weight is 526 g/mol. The number of aromatic nitrogens is 2. The Hall–Kier alpha value is -4.81. The third kappa shape index (κ3) is 6.49. The zero-order valence-electron chi connectivity index (χ0n) is 20.9. The molecule has 190 valence electrons. The van der Waals surface area contributed by atoms with Crippen molar-refractivity contribution in [3.05, 3.63) is 102 Å². The van der Waals surface area contributed by atoms with Crippen LogP contribution in [0.15, 0.2) is 95.2 Å².